The SMILES string of the molecule is Cc1cc(C(=O)NC2CCN(c3nccnc3C#N)CC2)c(C)o1. The molecule has 2 aromatic heterocycles. The number of carbonyl (C=O) groups excluding carboxylic acids is 1. The molecule has 7 nitrogen and oxygen atoms in total. The zero-order valence-corrected chi connectivity index (χ0v) is 13.7. The lowest BCUT2D eigenvalue weighted by Crippen LogP contribution is -2.45. The van der Waals surface area contributed by atoms with E-state index in [9.17, 15) is 4.79 Å². The summed E-state index contributed by atoms with van der Waals surface area (Å²) in [7, 11) is 0. The number of piperidine rings is 1. The van der Waals surface area contributed by atoms with Crippen molar-refractivity contribution in [3.63, 3.8) is 0 Å². The molecule has 3 rings (SSSR count). The van der Waals surface area contributed by atoms with Gasteiger partial charge in [-0.2, -0.15) is 5.26 Å². The van der Waals surface area contributed by atoms with Crippen LogP contribution < -0.4 is 10.2 Å². The maximum atomic E-state index is 12.3. The van der Waals surface area contributed by atoms with Crippen molar-refractivity contribution in [2.24, 2.45) is 0 Å². The summed E-state index contributed by atoms with van der Waals surface area (Å²) in [5, 5.41) is 12.2. The van der Waals surface area contributed by atoms with Crippen molar-refractivity contribution in [2.45, 2.75) is 32.7 Å². The van der Waals surface area contributed by atoms with E-state index in [1.54, 1.807) is 19.2 Å². The first-order chi connectivity index (χ1) is 11.6. The largest absolute Gasteiger partial charge is 0.466 e. The van der Waals surface area contributed by atoms with E-state index in [-0.39, 0.29) is 11.9 Å². The van der Waals surface area contributed by atoms with Crippen LogP contribution in [0.1, 0.15) is 40.4 Å². The van der Waals surface area contributed by atoms with Gasteiger partial charge in [-0.05, 0) is 32.8 Å². The Morgan fingerprint density at radius 1 is 1.33 bits per heavy atom. The minimum Gasteiger partial charge on any atom is -0.466 e. The number of hydrogen-bond donors (Lipinski definition) is 1. The zero-order valence-electron chi connectivity index (χ0n) is 13.7. The Morgan fingerprint density at radius 2 is 2.04 bits per heavy atom. The lowest BCUT2D eigenvalue weighted by atomic mass is 10.0. The summed E-state index contributed by atoms with van der Waals surface area (Å²) in [5.74, 6) is 1.89. The van der Waals surface area contributed by atoms with Crippen LogP contribution in [-0.4, -0.2) is 35.0 Å². The van der Waals surface area contributed by atoms with Gasteiger partial charge in [-0.15, -0.1) is 0 Å². The van der Waals surface area contributed by atoms with Crippen molar-refractivity contribution in [2.75, 3.05) is 18.0 Å². The number of nitriles is 1. The fourth-order valence-corrected chi connectivity index (χ4v) is 3.00. The molecule has 0 unspecified atom stereocenters. The van der Waals surface area contributed by atoms with Crippen molar-refractivity contribution >= 4 is 11.7 Å². The smallest absolute Gasteiger partial charge is 0.255 e. The molecule has 124 valence electrons. The molecular formula is C17H19N5O2. The van der Waals surface area contributed by atoms with Crippen LogP contribution >= 0.6 is 0 Å². The number of amides is 1. The average molecular weight is 325 g/mol. The molecule has 0 spiro atoms. The molecule has 1 aliphatic heterocycles. The Bertz CT molecular complexity index is 785. The number of nitrogens with zero attached hydrogens (tertiary/aromatic N) is 4. The highest BCUT2D eigenvalue weighted by molar-refractivity contribution is 5.95. The third-order valence-electron chi connectivity index (χ3n) is 4.20. The Labute approximate surface area is 140 Å². The van der Waals surface area contributed by atoms with Gasteiger partial charge >= 0.3 is 0 Å². The number of aryl methyl sites for hydroxylation is 2. The predicted octanol–water partition coefficient (Wildman–Crippen LogP) is 1.96. The molecule has 2 aromatic rings. The highest BCUT2D eigenvalue weighted by Gasteiger charge is 2.24. The van der Waals surface area contributed by atoms with Gasteiger partial charge in [0.1, 0.15) is 17.6 Å². The van der Waals surface area contributed by atoms with Crippen LogP contribution in [0, 0.1) is 25.2 Å². The van der Waals surface area contributed by atoms with Gasteiger partial charge in [-0.3, -0.25) is 4.79 Å². The fraction of sp³-hybridized carbons (Fsp3) is 0.412. The molecule has 0 atom stereocenters. The van der Waals surface area contributed by atoms with E-state index in [4.69, 9.17) is 9.68 Å². The number of rotatable bonds is 3. The number of aromatic nitrogens is 2. The van der Waals surface area contributed by atoms with Gasteiger partial charge in [0.25, 0.3) is 5.91 Å². The number of furan rings is 1. The Balaban J connectivity index is 1.60. The van der Waals surface area contributed by atoms with Crippen LogP contribution in [0.4, 0.5) is 5.82 Å². The average Bonchev–Trinajstić information content (AvgIpc) is 2.94. The van der Waals surface area contributed by atoms with Crippen molar-refractivity contribution in [3.8, 4) is 6.07 Å². The standard InChI is InChI=1S/C17H19N5O2/c1-11-9-14(12(2)24-11)17(23)21-13-3-7-22(8-4-13)16-15(10-18)19-5-6-20-16/h5-6,9,13H,3-4,7-8H2,1-2H3,(H,21,23). The van der Waals surface area contributed by atoms with Gasteiger partial charge in [0.2, 0.25) is 0 Å². The molecule has 1 aliphatic rings. The van der Waals surface area contributed by atoms with Crippen molar-refractivity contribution in [1.82, 2.24) is 15.3 Å². The summed E-state index contributed by atoms with van der Waals surface area (Å²) in [6, 6.07) is 3.94. The summed E-state index contributed by atoms with van der Waals surface area (Å²) in [5.41, 5.74) is 0.931. The third kappa shape index (κ3) is 3.23. The summed E-state index contributed by atoms with van der Waals surface area (Å²) in [6.07, 6.45) is 4.70. The molecule has 1 amide bonds. The first-order valence-corrected chi connectivity index (χ1v) is 7.92. The number of nitrogens with one attached hydrogen (secondary N) is 1. The van der Waals surface area contributed by atoms with E-state index < -0.39 is 0 Å². The molecule has 1 fully saturated rings. The van der Waals surface area contributed by atoms with Crippen molar-refractivity contribution in [3.05, 3.63) is 41.2 Å². The number of hydrogen-bond acceptors (Lipinski definition) is 6. The molecule has 0 bridgehead atoms. The van der Waals surface area contributed by atoms with Gasteiger partial charge in [-0.1, -0.05) is 0 Å². The Morgan fingerprint density at radius 3 is 2.67 bits per heavy atom. The predicted molar refractivity (Wildman–Crippen MR) is 87.6 cm³/mol. The summed E-state index contributed by atoms with van der Waals surface area (Å²) in [4.78, 5) is 22.7. The molecule has 0 saturated carbocycles. The number of anilines is 1. The second-order valence-electron chi connectivity index (χ2n) is 5.90. The maximum Gasteiger partial charge on any atom is 0.255 e. The summed E-state index contributed by atoms with van der Waals surface area (Å²) in [6.45, 7) is 5.07. The lowest BCUT2D eigenvalue weighted by Gasteiger charge is -2.33. The summed E-state index contributed by atoms with van der Waals surface area (Å²) >= 11 is 0. The molecule has 1 N–H and O–H groups in total. The molecule has 1 saturated heterocycles. The Hall–Kier alpha value is -2.88. The van der Waals surface area contributed by atoms with E-state index in [2.05, 4.69) is 21.4 Å². The molecular weight excluding hydrogens is 306 g/mol. The van der Waals surface area contributed by atoms with E-state index >= 15 is 0 Å². The highest BCUT2D eigenvalue weighted by Crippen LogP contribution is 2.21. The monoisotopic (exact) mass is 325 g/mol. The van der Waals surface area contributed by atoms with Crippen LogP contribution in [0.5, 0.6) is 0 Å². The molecule has 0 aliphatic carbocycles. The summed E-state index contributed by atoms with van der Waals surface area (Å²) < 4.78 is 5.41. The first kappa shape index (κ1) is 16.0. The second-order valence-corrected chi connectivity index (χ2v) is 5.90. The Kier molecular flexibility index (Phi) is 4.47. The van der Waals surface area contributed by atoms with E-state index in [0.717, 1.165) is 31.7 Å². The van der Waals surface area contributed by atoms with E-state index in [1.807, 2.05) is 11.8 Å². The second kappa shape index (κ2) is 6.71. The number of carbonyl (C=O) groups is 1. The minimum atomic E-state index is -0.0972. The van der Waals surface area contributed by atoms with Gasteiger partial charge in [0, 0.05) is 31.5 Å². The fourth-order valence-electron chi connectivity index (χ4n) is 3.00. The maximum absolute atomic E-state index is 12.3. The van der Waals surface area contributed by atoms with Crippen LogP contribution in [0.2, 0.25) is 0 Å². The molecule has 0 radical (unpaired) electrons. The normalized spacial score (nSPS) is 15.1. The van der Waals surface area contributed by atoms with Gasteiger partial charge in [-0.25, -0.2) is 9.97 Å². The van der Waals surface area contributed by atoms with Crippen LogP contribution in [0.15, 0.2) is 22.9 Å². The van der Waals surface area contributed by atoms with Crippen LogP contribution in [0.3, 0.4) is 0 Å². The quantitative estimate of drug-likeness (QED) is 0.927. The van der Waals surface area contributed by atoms with Gasteiger partial charge in [0.15, 0.2) is 11.5 Å². The van der Waals surface area contributed by atoms with E-state index in [1.165, 1.54) is 6.20 Å². The van der Waals surface area contributed by atoms with Crippen molar-refractivity contribution in [1.29, 1.82) is 5.26 Å². The van der Waals surface area contributed by atoms with Gasteiger partial charge in [0.05, 0.1) is 5.56 Å². The van der Waals surface area contributed by atoms with Gasteiger partial charge < -0.3 is 14.6 Å². The van der Waals surface area contributed by atoms with E-state index in [0.29, 0.717) is 22.8 Å². The molecule has 0 aromatic carbocycles. The molecule has 7 heteroatoms. The van der Waals surface area contributed by atoms with Crippen LogP contribution in [-0.2, 0) is 0 Å². The first-order valence-electron chi connectivity index (χ1n) is 7.92. The van der Waals surface area contributed by atoms with Crippen molar-refractivity contribution < 1.29 is 9.21 Å². The lowest BCUT2D eigenvalue weighted by molar-refractivity contribution is 0.0929. The topological polar surface area (TPSA) is 95.0 Å². The highest BCUT2D eigenvalue weighted by atomic mass is 16.3. The molecule has 3 heterocycles. The third-order valence-corrected chi connectivity index (χ3v) is 4.20. The van der Waals surface area contributed by atoms with Crippen LogP contribution in [0.25, 0.3) is 0 Å². The molecule has 24 heavy (non-hydrogen) atoms. The minimum absolute atomic E-state index is 0.0972. The zero-order chi connectivity index (χ0) is 17.1.